The van der Waals surface area contributed by atoms with Gasteiger partial charge >= 0.3 is 0 Å². The van der Waals surface area contributed by atoms with Gasteiger partial charge in [-0.05, 0) is 129 Å². The molecular weight excluding hydrogens is 1130 g/mol. The number of carbonyl (C=O) groups is 6. The van der Waals surface area contributed by atoms with Gasteiger partial charge in [0.05, 0.1) is 22.3 Å². The van der Waals surface area contributed by atoms with E-state index in [-0.39, 0.29) is 89.5 Å². The molecule has 2 aliphatic rings. The Hall–Kier alpha value is -9.30. The molecule has 14 nitrogen and oxygen atoms in total. The summed E-state index contributed by atoms with van der Waals surface area (Å²) in [5.74, 6) is -1.64. The Balaban J connectivity index is 1.33. The molecule has 0 saturated heterocycles. The summed E-state index contributed by atoms with van der Waals surface area (Å²) in [4.78, 5) is 91.9. The molecule has 0 saturated carbocycles. The Bertz CT molecular complexity index is 3850. The number of hydrogen-bond acceptors (Lipinski definition) is 10. The fraction of sp³-hybridized carbons (Fsp3) is 0.342. The number of rotatable bonds is 16. The maximum Gasteiger partial charge on any atom is 0.262 e. The van der Waals surface area contributed by atoms with Gasteiger partial charge in [-0.25, -0.2) is 0 Å². The van der Waals surface area contributed by atoms with Crippen LogP contribution >= 0.6 is 0 Å². The number of hydrogen-bond donors (Lipinski definition) is 2. The molecular formula is C76H80N4O10. The minimum Gasteiger partial charge on any atom is -0.457 e. The Kier molecular flexibility index (Phi) is 15.9. The van der Waals surface area contributed by atoms with Crippen molar-refractivity contribution in [3.63, 3.8) is 0 Å². The average molecular weight is 1210 g/mol. The monoisotopic (exact) mass is 1210 g/mol. The molecule has 0 aliphatic carbocycles. The highest BCUT2D eigenvalue weighted by atomic mass is 16.5. The number of amides is 6. The summed E-state index contributed by atoms with van der Waals surface area (Å²) in [6.07, 6.45) is 0. The van der Waals surface area contributed by atoms with E-state index in [1.165, 1.54) is 0 Å². The lowest BCUT2D eigenvalue weighted by atomic mass is 9.80. The van der Waals surface area contributed by atoms with Crippen LogP contribution in [0.4, 0.5) is 0 Å². The first-order valence-corrected chi connectivity index (χ1v) is 31.0. The summed E-state index contributed by atoms with van der Waals surface area (Å²) >= 11 is 0. The predicted molar refractivity (Wildman–Crippen MR) is 355 cm³/mol. The summed E-state index contributed by atoms with van der Waals surface area (Å²) < 4.78 is 28.8. The highest BCUT2D eigenvalue weighted by Crippen LogP contribution is 2.58. The molecule has 0 radical (unpaired) electrons. The van der Waals surface area contributed by atoms with E-state index in [9.17, 15) is 9.59 Å². The highest BCUT2D eigenvalue weighted by molar-refractivity contribution is 6.45. The Morgan fingerprint density at radius 2 is 0.556 bits per heavy atom. The molecule has 14 heteroatoms. The van der Waals surface area contributed by atoms with Crippen LogP contribution in [0.2, 0.25) is 0 Å². The third-order valence-electron chi connectivity index (χ3n) is 16.9. The number of carbonyl (C=O) groups excluding carboxylic acids is 6. The van der Waals surface area contributed by atoms with Crippen molar-refractivity contribution in [3.8, 4) is 46.0 Å². The number of fused-ring (bicyclic) bond motifs is 2. The van der Waals surface area contributed by atoms with Crippen LogP contribution in [0.15, 0.2) is 121 Å². The highest BCUT2D eigenvalue weighted by Gasteiger charge is 2.42. The molecule has 2 aliphatic heterocycles. The lowest BCUT2D eigenvalue weighted by molar-refractivity contribution is -0.122. The molecule has 11 rings (SSSR count). The van der Waals surface area contributed by atoms with Crippen LogP contribution in [0, 0.1) is 11.8 Å². The van der Waals surface area contributed by atoms with Gasteiger partial charge in [-0.2, -0.15) is 0 Å². The summed E-state index contributed by atoms with van der Waals surface area (Å²) in [5, 5.41) is 8.30. The van der Waals surface area contributed by atoms with E-state index in [1.54, 1.807) is 24.3 Å². The van der Waals surface area contributed by atoms with Crippen LogP contribution in [0.25, 0.3) is 43.1 Å². The van der Waals surface area contributed by atoms with Gasteiger partial charge in [0.1, 0.15) is 59.1 Å². The van der Waals surface area contributed by atoms with Crippen molar-refractivity contribution in [2.24, 2.45) is 11.8 Å². The fourth-order valence-corrected chi connectivity index (χ4v) is 11.9. The Labute approximate surface area is 526 Å². The number of benzene rings is 9. The van der Waals surface area contributed by atoms with Gasteiger partial charge in [0.15, 0.2) is 0 Å². The molecule has 9 aromatic carbocycles. The van der Waals surface area contributed by atoms with Crippen LogP contribution in [0.1, 0.15) is 174 Å². The summed E-state index contributed by atoms with van der Waals surface area (Å²) in [6, 6.07) is 37.1. The first kappa shape index (κ1) is 62.3. The lowest BCUT2D eigenvalue weighted by Crippen LogP contribution is -2.46. The van der Waals surface area contributed by atoms with Gasteiger partial charge in [-0.15, -0.1) is 0 Å². The third-order valence-corrected chi connectivity index (χ3v) is 16.9. The lowest BCUT2D eigenvalue weighted by Gasteiger charge is -2.32. The molecule has 0 unspecified atom stereocenters. The topological polar surface area (TPSA) is 170 Å². The van der Waals surface area contributed by atoms with E-state index >= 15 is 19.2 Å². The van der Waals surface area contributed by atoms with E-state index in [1.807, 2.05) is 125 Å². The molecule has 90 heavy (non-hydrogen) atoms. The standard InChI is InChI=1S/C76H80N4O10/c1-41(2)37-77-59(81)39-79-69(83)51-33-55(87-47-25-17-43(18-26-47)73(5,6)7)63-65-57(89-49-29-21-45(22-30-49)75(11,12)13)35-53-62-54(72(86)80(71(53)85)40-60(82)78-38-42(3)4)36-58(90-50-31-23-46(24-32-50)76(14,15)16)66(68(62)65)64-56(34-52(70(79)84)61(51)67(63)64)88-48-27-19-44(20-28-48)74(8,9)10/h17-36,41-42H,37-40H2,1-16H3,(H,77,81)(H,78,82). The van der Waals surface area contributed by atoms with Crippen LogP contribution in [-0.2, 0) is 31.2 Å². The van der Waals surface area contributed by atoms with E-state index in [2.05, 4.69) is 93.7 Å². The van der Waals surface area contributed by atoms with Crippen LogP contribution < -0.4 is 29.6 Å². The molecule has 2 heterocycles. The maximum atomic E-state index is 15.6. The molecule has 0 atom stereocenters. The second-order valence-electron chi connectivity index (χ2n) is 29.0. The number of ether oxygens (including phenoxy) is 4. The molecule has 0 aromatic heterocycles. The SMILES string of the molecule is CC(C)CNC(=O)CN1C(=O)c2cc(Oc3ccc(C(C)(C)C)cc3)c3c4c(Oc5ccc(C(C)(C)C)cc5)cc5c6c(cc(Oc7ccc(C(C)(C)C)cc7)c(c7c(Oc8ccc(C(C)(C)C)cc8)cc(c2c37)C1=O)c64)C(=O)N(CC(=O)NCC(C)C)C5=O. The normalized spacial score (nSPS) is 13.8. The fourth-order valence-electron chi connectivity index (χ4n) is 11.9. The van der Waals surface area contributed by atoms with Crippen molar-refractivity contribution >= 4 is 78.5 Å². The van der Waals surface area contributed by atoms with E-state index in [4.69, 9.17) is 18.9 Å². The van der Waals surface area contributed by atoms with Crippen molar-refractivity contribution in [2.45, 2.75) is 132 Å². The number of nitrogens with one attached hydrogen (secondary N) is 2. The summed E-state index contributed by atoms with van der Waals surface area (Å²) in [7, 11) is 0. The zero-order valence-electron chi connectivity index (χ0n) is 54.5. The molecule has 2 N–H and O–H groups in total. The summed E-state index contributed by atoms with van der Waals surface area (Å²) in [6.45, 7) is 32.7. The zero-order chi connectivity index (χ0) is 64.8. The smallest absolute Gasteiger partial charge is 0.262 e. The molecule has 464 valence electrons. The second-order valence-corrected chi connectivity index (χ2v) is 29.0. The Morgan fingerprint density at radius 3 is 0.744 bits per heavy atom. The quantitative estimate of drug-likeness (QED) is 0.0539. The minimum atomic E-state index is -0.736. The molecule has 0 fully saturated rings. The number of imide groups is 2. The van der Waals surface area contributed by atoms with E-state index < -0.39 is 48.5 Å². The van der Waals surface area contributed by atoms with Gasteiger partial charge in [0.25, 0.3) is 23.6 Å². The molecule has 0 bridgehead atoms. The van der Waals surface area contributed by atoms with Gasteiger partial charge in [-0.3, -0.25) is 38.6 Å². The van der Waals surface area contributed by atoms with Crippen molar-refractivity contribution in [3.05, 3.63) is 166 Å². The van der Waals surface area contributed by atoms with E-state index in [0.717, 1.165) is 32.1 Å². The van der Waals surface area contributed by atoms with Crippen molar-refractivity contribution in [2.75, 3.05) is 26.2 Å². The molecule has 6 amide bonds. The van der Waals surface area contributed by atoms with Gasteiger partial charge in [0, 0.05) is 56.2 Å². The van der Waals surface area contributed by atoms with Crippen LogP contribution in [0.5, 0.6) is 46.0 Å². The van der Waals surface area contributed by atoms with Crippen LogP contribution in [-0.4, -0.2) is 71.4 Å². The largest absolute Gasteiger partial charge is 0.457 e. The maximum absolute atomic E-state index is 15.6. The second kappa shape index (κ2) is 22.9. The van der Waals surface area contributed by atoms with E-state index in [0.29, 0.717) is 68.4 Å². The minimum absolute atomic E-state index is 0.0647. The van der Waals surface area contributed by atoms with Crippen molar-refractivity contribution < 1.29 is 47.7 Å². The van der Waals surface area contributed by atoms with Crippen molar-refractivity contribution in [1.82, 2.24) is 20.4 Å². The third kappa shape index (κ3) is 11.8. The number of nitrogens with zero attached hydrogens (tertiary/aromatic N) is 2. The van der Waals surface area contributed by atoms with Gasteiger partial charge in [0.2, 0.25) is 11.8 Å². The molecule has 0 spiro atoms. The molecule has 9 aromatic rings. The van der Waals surface area contributed by atoms with Gasteiger partial charge in [-0.1, -0.05) is 159 Å². The predicted octanol–water partition coefficient (Wildman–Crippen LogP) is 16.8. The first-order chi connectivity index (χ1) is 42.3. The zero-order valence-corrected chi connectivity index (χ0v) is 54.5. The van der Waals surface area contributed by atoms with Crippen LogP contribution in [0.3, 0.4) is 0 Å². The van der Waals surface area contributed by atoms with Gasteiger partial charge < -0.3 is 29.6 Å². The average Bonchev–Trinajstić information content (AvgIpc) is 0.674. The Morgan fingerprint density at radius 1 is 0.344 bits per heavy atom. The van der Waals surface area contributed by atoms with Crippen molar-refractivity contribution in [1.29, 1.82) is 0 Å². The summed E-state index contributed by atoms with van der Waals surface area (Å²) in [5.41, 5.74) is 3.54. The first-order valence-electron chi connectivity index (χ1n) is 31.0.